The van der Waals surface area contributed by atoms with Crippen molar-refractivity contribution >= 4 is 11.8 Å². The lowest BCUT2D eigenvalue weighted by atomic mass is 10.1. The predicted octanol–water partition coefficient (Wildman–Crippen LogP) is 4.91. The normalized spacial score (nSPS) is 19.2. The summed E-state index contributed by atoms with van der Waals surface area (Å²) in [5.41, 5.74) is 3.12. The zero-order chi connectivity index (χ0) is 26.0. The quantitative estimate of drug-likeness (QED) is 0.563. The molecule has 35 heavy (non-hydrogen) atoms. The molecule has 3 atom stereocenters. The van der Waals surface area contributed by atoms with E-state index in [0.29, 0.717) is 16.5 Å². The fourth-order valence-corrected chi connectivity index (χ4v) is 3.51. The molecule has 0 bridgehead atoms. The molecule has 1 aliphatic rings. The first kappa shape index (κ1) is 26.0. The second kappa shape index (κ2) is 9.91. The van der Waals surface area contributed by atoms with Gasteiger partial charge in [0.25, 0.3) is 0 Å². The number of anilines is 1. The van der Waals surface area contributed by atoms with Crippen LogP contribution in [0.1, 0.15) is 29.7 Å². The molecule has 13 heteroatoms. The number of amides is 1. The number of nitriles is 1. The number of primary amides is 1. The number of hydrogen-bond acceptors (Lipinski definition) is 6. The molecule has 2 N–H and O–H groups in total. The molecule has 3 rings (SSSR count). The first-order valence-electron chi connectivity index (χ1n) is 10.1. The Labute approximate surface area is 195 Å². The molecule has 188 valence electrons. The molecule has 0 radical (unpaired) electrons. The Morgan fingerprint density at radius 2 is 1.86 bits per heavy atom. The van der Waals surface area contributed by atoms with Crippen molar-refractivity contribution in [1.82, 2.24) is 0 Å². The van der Waals surface area contributed by atoms with Gasteiger partial charge >= 0.3 is 18.4 Å². The fraction of sp³-hybridized carbons (Fsp3) is 0.364. The molecule has 2 aromatic carbocycles. The monoisotopic (exact) mass is 503 g/mol. The van der Waals surface area contributed by atoms with Crippen molar-refractivity contribution in [2.45, 2.75) is 37.7 Å². The van der Waals surface area contributed by atoms with Gasteiger partial charge in [-0.15, -0.1) is 0 Å². The Hall–Kier alpha value is -3.66. The number of nitrogens with two attached hydrogens (primary N) is 1. The molecular formula is C22H19F6N3O4. The smallest absolute Gasteiger partial charge is 0.433 e. The molecular weight excluding hydrogens is 484 g/mol. The van der Waals surface area contributed by atoms with Gasteiger partial charge in [-0.2, -0.15) is 31.6 Å². The highest BCUT2D eigenvalue weighted by molar-refractivity contribution is 5.65. The van der Waals surface area contributed by atoms with Gasteiger partial charge in [0.2, 0.25) is 6.23 Å². The number of nitrogens with zero attached hydrogens (tertiary/aromatic N) is 2. The Bertz CT molecular complexity index is 1100. The van der Waals surface area contributed by atoms with Crippen LogP contribution in [0.4, 0.5) is 36.8 Å². The zero-order valence-electron chi connectivity index (χ0n) is 18.1. The van der Waals surface area contributed by atoms with Crippen molar-refractivity contribution in [3.05, 3.63) is 59.2 Å². The van der Waals surface area contributed by atoms with Gasteiger partial charge in [0, 0.05) is 5.69 Å². The highest BCUT2D eigenvalue weighted by atomic mass is 19.4. The van der Waals surface area contributed by atoms with Gasteiger partial charge in [-0.3, -0.25) is 0 Å². The second-order valence-electron chi connectivity index (χ2n) is 7.60. The number of halogens is 6. The fourth-order valence-electron chi connectivity index (χ4n) is 3.51. The van der Waals surface area contributed by atoms with Gasteiger partial charge in [-0.1, -0.05) is 12.1 Å². The second-order valence-corrected chi connectivity index (χ2v) is 7.60. The molecule has 1 heterocycles. The van der Waals surface area contributed by atoms with E-state index < -0.39 is 60.2 Å². The SMILES string of the molecule is CC(OC(N)=O)c1ccc(OCC2CN(c3ccc(C#N)c(C(F)(F)F)c3)C(C(F)(F)F)O2)cc1. The predicted molar refractivity (Wildman–Crippen MR) is 109 cm³/mol. The van der Waals surface area contributed by atoms with E-state index in [1.54, 1.807) is 19.1 Å². The maximum atomic E-state index is 13.6. The minimum Gasteiger partial charge on any atom is -0.491 e. The zero-order valence-corrected chi connectivity index (χ0v) is 18.1. The Balaban J connectivity index is 1.74. The molecule has 1 fully saturated rings. The Morgan fingerprint density at radius 1 is 1.20 bits per heavy atom. The van der Waals surface area contributed by atoms with Gasteiger partial charge in [-0.25, -0.2) is 4.79 Å². The van der Waals surface area contributed by atoms with Crippen LogP contribution in [-0.2, 0) is 15.7 Å². The summed E-state index contributed by atoms with van der Waals surface area (Å²) in [5, 5.41) is 8.91. The van der Waals surface area contributed by atoms with E-state index in [-0.39, 0.29) is 12.4 Å². The lowest BCUT2D eigenvalue weighted by molar-refractivity contribution is -0.215. The van der Waals surface area contributed by atoms with E-state index in [9.17, 15) is 31.1 Å². The van der Waals surface area contributed by atoms with Gasteiger partial charge < -0.3 is 24.8 Å². The first-order valence-corrected chi connectivity index (χ1v) is 10.1. The number of ether oxygens (including phenoxy) is 3. The number of alkyl halides is 6. The number of carbonyl (C=O) groups excluding carboxylic acids is 1. The van der Waals surface area contributed by atoms with Crippen molar-refractivity contribution < 1.29 is 45.3 Å². The summed E-state index contributed by atoms with van der Waals surface area (Å²) in [6.07, 6.45) is -15.0. The van der Waals surface area contributed by atoms with E-state index in [2.05, 4.69) is 0 Å². The number of rotatable bonds is 6. The van der Waals surface area contributed by atoms with E-state index >= 15 is 0 Å². The van der Waals surface area contributed by atoms with E-state index in [0.717, 1.165) is 12.1 Å². The molecule has 1 saturated heterocycles. The van der Waals surface area contributed by atoms with Crippen LogP contribution in [0, 0.1) is 11.3 Å². The molecule has 0 aliphatic carbocycles. The maximum Gasteiger partial charge on any atom is 0.433 e. The largest absolute Gasteiger partial charge is 0.491 e. The van der Waals surface area contributed by atoms with Crippen molar-refractivity contribution in [2.24, 2.45) is 5.73 Å². The molecule has 7 nitrogen and oxygen atoms in total. The van der Waals surface area contributed by atoms with Crippen LogP contribution in [0.25, 0.3) is 0 Å². The summed E-state index contributed by atoms with van der Waals surface area (Å²) < 4.78 is 96.0. The molecule has 3 unspecified atom stereocenters. The first-order chi connectivity index (χ1) is 16.3. The van der Waals surface area contributed by atoms with Crippen LogP contribution in [0.2, 0.25) is 0 Å². The molecule has 1 aliphatic heterocycles. The average Bonchev–Trinajstić information content (AvgIpc) is 3.21. The molecule has 0 spiro atoms. The van der Waals surface area contributed by atoms with Gasteiger partial charge in [0.05, 0.1) is 23.7 Å². The van der Waals surface area contributed by atoms with E-state index in [1.807, 2.05) is 0 Å². The molecule has 0 saturated carbocycles. The van der Waals surface area contributed by atoms with Crippen molar-refractivity contribution in [3.8, 4) is 11.8 Å². The summed E-state index contributed by atoms with van der Waals surface area (Å²) in [5.74, 6) is 0.281. The summed E-state index contributed by atoms with van der Waals surface area (Å²) in [6.45, 7) is 0.860. The average molecular weight is 503 g/mol. The summed E-state index contributed by atoms with van der Waals surface area (Å²) in [7, 11) is 0. The number of carbonyl (C=O) groups is 1. The van der Waals surface area contributed by atoms with E-state index in [1.165, 1.54) is 18.2 Å². The topological polar surface area (TPSA) is 97.8 Å². The number of benzene rings is 2. The maximum absolute atomic E-state index is 13.6. The van der Waals surface area contributed by atoms with Gasteiger partial charge in [-0.05, 0) is 42.8 Å². The van der Waals surface area contributed by atoms with Crippen LogP contribution in [-0.4, -0.2) is 37.8 Å². The van der Waals surface area contributed by atoms with Crippen LogP contribution in [0.5, 0.6) is 5.75 Å². The highest BCUT2D eigenvalue weighted by Gasteiger charge is 2.51. The van der Waals surface area contributed by atoms with Crippen molar-refractivity contribution in [1.29, 1.82) is 5.26 Å². The third-order valence-corrected chi connectivity index (χ3v) is 5.12. The minimum atomic E-state index is -4.93. The van der Waals surface area contributed by atoms with Crippen molar-refractivity contribution in [3.63, 3.8) is 0 Å². The van der Waals surface area contributed by atoms with Gasteiger partial charge in [0.1, 0.15) is 24.6 Å². The Kier molecular flexibility index (Phi) is 7.35. The van der Waals surface area contributed by atoms with Crippen LogP contribution in [0.15, 0.2) is 42.5 Å². The van der Waals surface area contributed by atoms with Crippen molar-refractivity contribution in [2.75, 3.05) is 18.1 Å². The van der Waals surface area contributed by atoms with Crippen LogP contribution < -0.4 is 15.4 Å². The third-order valence-electron chi connectivity index (χ3n) is 5.12. The summed E-state index contributed by atoms with van der Waals surface area (Å²) >= 11 is 0. The lowest BCUT2D eigenvalue weighted by Crippen LogP contribution is -2.42. The highest BCUT2D eigenvalue weighted by Crippen LogP contribution is 2.39. The summed E-state index contributed by atoms with van der Waals surface area (Å²) in [4.78, 5) is 11.5. The van der Waals surface area contributed by atoms with Gasteiger partial charge in [0.15, 0.2) is 0 Å². The van der Waals surface area contributed by atoms with E-state index in [4.69, 9.17) is 25.2 Å². The Morgan fingerprint density at radius 3 is 2.40 bits per heavy atom. The molecule has 1 amide bonds. The molecule has 0 aromatic heterocycles. The van der Waals surface area contributed by atoms with Crippen LogP contribution >= 0.6 is 0 Å². The third kappa shape index (κ3) is 6.27. The minimum absolute atomic E-state index is 0.281. The standard InChI is InChI=1S/C22H19F6N3O4/c1-12(34-20(30)32)13-3-6-16(7-4-13)33-11-17-10-31(19(35-17)22(26,27)28)15-5-2-14(9-29)18(8-15)21(23,24)25/h2-8,12,17,19H,10-11H2,1H3,(H2,30,32). The number of hydrogen-bond donors (Lipinski definition) is 1. The lowest BCUT2D eigenvalue weighted by Gasteiger charge is -2.27. The van der Waals surface area contributed by atoms with Crippen LogP contribution in [0.3, 0.4) is 0 Å². The summed E-state index contributed by atoms with van der Waals surface area (Å²) in [6, 6.07) is 9.85. The molecule has 2 aromatic rings.